The van der Waals surface area contributed by atoms with Crippen molar-refractivity contribution in [2.75, 3.05) is 11.1 Å². The van der Waals surface area contributed by atoms with Crippen molar-refractivity contribution in [3.8, 4) is 11.4 Å². The number of anilines is 1. The Labute approximate surface area is 225 Å². The van der Waals surface area contributed by atoms with Gasteiger partial charge in [0.05, 0.1) is 17.4 Å². The summed E-state index contributed by atoms with van der Waals surface area (Å²) >= 11 is 4.61. The Morgan fingerprint density at radius 1 is 1.19 bits per heavy atom. The quantitative estimate of drug-likeness (QED) is 0.238. The van der Waals surface area contributed by atoms with Gasteiger partial charge in [-0.15, -0.1) is 32.9 Å². The molecule has 0 aliphatic heterocycles. The Morgan fingerprint density at radius 3 is 2.64 bits per heavy atom. The van der Waals surface area contributed by atoms with Crippen LogP contribution in [0.2, 0.25) is 0 Å². The number of nitrogens with one attached hydrogen (secondary N) is 1. The highest BCUT2D eigenvalue weighted by molar-refractivity contribution is 7.99. The monoisotopic (exact) mass is 546 g/mol. The molecule has 194 valence electrons. The van der Waals surface area contributed by atoms with Gasteiger partial charge in [-0.3, -0.25) is 9.36 Å². The highest BCUT2D eigenvalue weighted by Gasteiger charge is 2.28. The SMILES string of the molecule is CCc1c(-c2nnc(SCC(=O)Nc3sc4c(c3C(=O)OC(C)C)CCCC4)n2C(C)C)csc1C. The van der Waals surface area contributed by atoms with Gasteiger partial charge in [-0.2, -0.15) is 0 Å². The van der Waals surface area contributed by atoms with Crippen LogP contribution in [0.5, 0.6) is 0 Å². The van der Waals surface area contributed by atoms with E-state index < -0.39 is 0 Å². The maximum atomic E-state index is 13.0. The van der Waals surface area contributed by atoms with E-state index in [1.54, 1.807) is 11.3 Å². The summed E-state index contributed by atoms with van der Waals surface area (Å²) in [5, 5.41) is 15.4. The molecule has 1 N–H and O–H groups in total. The zero-order chi connectivity index (χ0) is 26.0. The van der Waals surface area contributed by atoms with Crippen molar-refractivity contribution in [3.63, 3.8) is 0 Å². The second kappa shape index (κ2) is 11.5. The lowest BCUT2D eigenvalue weighted by Gasteiger charge is -2.15. The standard InChI is InChI=1S/C26H34N4O3S3/c1-7-17-16(6)34-12-19(17)23-28-29-26(30(23)14(2)3)35-13-21(31)27-24-22(25(32)33-15(4)5)18-10-8-9-11-20(18)36-24/h12,14-15H,7-11,13H2,1-6H3,(H,27,31). The highest BCUT2D eigenvalue weighted by Crippen LogP contribution is 2.39. The van der Waals surface area contributed by atoms with Crippen molar-refractivity contribution in [2.24, 2.45) is 0 Å². The summed E-state index contributed by atoms with van der Waals surface area (Å²) in [6.07, 6.45) is 4.66. The smallest absolute Gasteiger partial charge is 0.341 e. The van der Waals surface area contributed by atoms with Gasteiger partial charge in [0.15, 0.2) is 11.0 Å². The average Bonchev–Trinajstić information content (AvgIpc) is 3.50. The summed E-state index contributed by atoms with van der Waals surface area (Å²) in [6.45, 7) is 12.2. The van der Waals surface area contributed by atoms with Crippen molar-refractivity contribution < 1.29 is 14.3 Å². The molecule has 4 rings (SSSR count). The fraction of sp³-hybridized carbons (Fsp3) is 0.538. The first-order chi connectivity index (χ1) is 17.2. The fourth-order valence-corrected chi connectivity index (χ4v) is 7.67. The number of hydrogen-bond donors (Lipinski definition) is 1. The highest BCUT2D eigenvalue weighted by atomic mass is 32.2. The van der Waals surface area contributed by atoms with Gasteiger partial charge < -0.3 is 10.1 Å². The summed E-state index contributed by atoms with van der Waals surface area (Å²) in [6, 6.07) is 0.145. The molecule has 3 heterocycles. The molecule has 10 heteroatoms. The molecule has 1 aliphatic rings. The molecule has 1 amide bonds. The third kappa shape index (κ3) is 5.55. The minimum absolute atomic E-state index is 0.145. The van der Waals surface area contributed by atoms with Crippen LogP contribution in [0.3, 0.4) is 0 Å². The Balaban J connectivity index is 1.53. The van der Waals surface area contributed by atoms with E-state index in [1.807, 2.05) is 13.8 Å². The molecule has 3 aromatic heterocycles. The molecule has 0 bridgehead atoms. The predicted octanol–water partition coefficient (Wildman–Crippen LogP) is 6.69. The summed E-state index contributed by atoms with van der Waals surface area (Å²) in [5.74, 6) is 0.501. The molecular formula is C26H34N4O3S3. The van der Waals surface area contributed by atoms with Crippen LogP contribution in [0.25, 0.3) is 11.4 Å². The summed E-state index contributed by atoms with van der Waals surface area (Å²) in [7, 11) is 0. The van der Waals surface area contributed by atoms with Crippen LogP contribution in [0.1, 0.15) is 84.7 Å². The number of amides is 1. The molecule has 1 aliphatic carbocycles. The van der Waals surface area contributed by atoms with Gasteiger partial charge in [-0.25, -0.2) is 4.79 Å². The van der Waals surface area contributed by atoms with E-state index >= 15 is 0 Å². The van der Waals surface area contributed by atoms with Crippen LogP contribution < -0.4 is 5.32 Å². The fourth-order valence-electron chi connectivity index (χ4n) is 4.57. The minimum Gasteiger partial charge on any atom is -0.459 e. The second-order valence-corrected chi connectivity index (χ2v) is 12.6. The Bertz CT molecular complexity index is 1260. The lowest BCUT2D eigenvalue weighted by Crippen LogP contribution is -2.19. The third-order valence-corrected chi connectivity index (χ3v) is 9.29. The molecule has 7 nitrogen and oxygen atoms in total. The van der Waals surface area contributed by atoms with Gasteiger partial charge in [-0.05, 0) is 77.8 Å². The van der Waals surface area contributed by atoms with E-state index in [9.17, 15) is 9.59 Å². The van der Waals surface area contributed by atoms with Crippen LogP contribution in [0.4, 0.5) is 5.00 Å². The van der Waals surface area contributed by atoms with Gasteiger partial charge in [-0.1, -0.05) is 18.7 Å². The number of ether oxygens (including phenoxy) is 1. The zero-order valence-electron chi connectivity index (χ0n) is 21.8. The largest absolute Gasteiger partial charge is 0.459 e. The number of rotatable bonds is 9. The van der Waals surface area contributed by atoms with E-state index in [0.717, 1.165) is 49.1 Å². The summed E-state index contributed by atoms with van der Waals surface area (Å²) in [5.41, 5.74) is 4.00. The molecule has 3 aromatic rings. The summed E-state index contributed by atoms with van der Waals surface area (Å²) < 4.78 is 7.62. The van der Waals surface area contributed by atoms with Crippen molar-refractivity contribution in [1.29, 1.82) is 0 Å². The van der Waals surface area contributed by atoms with Gasteiger partial charge in [0.1, 0.15) is 5.00 Å². The van der Waals surface area contributed by atoms with E-state index in [4.69, 9.17) is 4.74 Å². The normalized spacial score (nSPS) is 13.3. The van der Waals surface area contributed by atoms with Crippen LogP contribution in [0, 0.1) is 6.92 Å². The maximum Gasteiger partial charge on any atom is 0.341 e. The average molecular weight is 547 g/mol. The third-order valence-electron chi connectivity index (χ3n) is 6.18. The first-order valence-electron chi connectivity index (χ1n) is 12.5. The number of carbonyl (C=O) groups excluding carboxylic acids is 2. The molecule has 0 fully saturated rings. The Morgan fingerprint density at radius 2 is 1.94 bits per heavy atom. The number of nitrogens with zero attached hydrogens (tertiary/aromatic N) is 3. The number of hydrogen-bond acceptors (Lipinski definition) is 8. The van der Waals surface area contributed by atoms with Crippen LogP contribution in [-0.2, 0) is 28.8 Å². The second-order valence-electron chi connectivity index (χ2n) is 9.51. The first-order valence-corrected chi connectivity index (χ1v) is 15.2. The molecule has 0 saturated heterocycles. The number of aromatic nitrogens is 3. The van der Waals surface area contributed by atoms with Crippen molar-refractivity contribution in [1.82, 2.24) is 14.8 Å². The van der Waals surface area contributed by atoms with Crippen LogP contribution in [0.15, 0.2) is 10.5 Å². The molecular weight excluding hydrogens is 513 g/mol. The Kier molecular flexibility index (Phi) is 8.57. The lowest BCUT2D eigenvalue weighted by molar-refractivity contribution is -0.113. The summed E-state index contributed by atoms with van der Waals surface area (Å²) in [4.78, 5) is 28.4. The molecule has 0 unspecified atom stereocenters. The van der Waals surface area contributed by atoms with Gasteiger partial charge in [0.2, 0.25) is 5.91 Å². The molecule has 36 heavy (non-hydrogen) atoms. The minimum atomic E-state index is -0.352. The molecule has 0 saturated carbocycles. The maximum absolute atomic E-state index is 13.0. The topological polar surface area (TPSA) is 86.1 Å². The number of fused-ring (bicyclic) bond motifs is 1. The number of aryl methyl sites for hydroxylation is 2. The van der Waals surface area contributed by atoms with E-state index in [-0.39, 0.29) is 29.8 Å². The molecule has 0 atom stereocenters. The van der Waals surface area contributed by atoms with Crippen molar-refractivity contribution in [2.45, 2.75) is 90.9 Å². The van der Waals surface area contributed by atoms with Gasteiger partial charge in [0.25, 0.3) is 0 Å². The Hall–Kier alpha value is -2.17. The van der Waals surface area contributed by atoms with Crippen LogP contribution in [-0.4, -0.2) is 38.5 Å². The van der Waals surface area contributed by atoms with E-state index in [2.05, 4.69) is 53.2 Å². The number of carbonyl (C=O) groups is 2. The van der Waals surface area contributed by atoms with Crippen molar-refractivity contribution >= 4 is 51.3 Å². The molecule has 0 radical (unpaired) electrons. The number of thiophene rings is 2. The van der Waals surface area contributed by atoms with Gasteiger partial charge in [0, 0.05) is 26.7 Å². The number of thioether (sulfide) groups is 1. The lowest BCUT2D eigenvalue weighted by atomic mass is 9.95. The predicted molar refractivity (Wildman–Crippen MR) is 149 cm³/mol. The molecule has 0 spiro atoms. The number of esters is 1. The van der Waals surface area contributed by atoms with E-state index in [1.165, 1.54) is 38.4 Å². The van der Waals surface area contributed by atoms with Gasteiger partial charge >= 0.3 is 5.97 Å². The van der Waals surface area contributed by atoms with E-state index in [0.29, 0.717) is 15.7 Å². The molecule has 0 aromatic carbocycles. The van der Waals surface area contributed by atoms with Crippen LogP contribution >= 0.6 is 34.4 Å². The van der Waals surface area contributed by atoms with Crippen molar-refractivity contribution in [3.05, 3.63) is 31.8 Å². The zero-order valence-corrected chi connectivity index (χ0v) is 24.2. The first kappa shape index (κ1) is 26.9.